The monoisotopic (exact) mass is 314 g/mol. The number of aryl methyl sites for hydroxylation is 1. The zero-order valence-corrected chi connectivity index (χ0v) is 12.6. The molecule has 0 saturated heterocycles. The van der Waals surface area contributed by atoms with Gasteiger partial charge in [-0.15, -0.1) is 0 Å². The van der Waals surface area contributed by atoms with Crippen LogP contribution in [0.15, 0.2) is 24.4 Å². The van der Waals surface area contributed by atoms with Gasteiger partial charge in [0.2, 0.25) is 0 Å². The number of ether oxygens (including phenoxy) is 2. The number of aromatic amines is 1. The molecule has 2 aromatic rings. The van der Waals surface area contributed by atoms with E-state index in [4.69, 9.17) is 9.47 Å². The second kappa shape index (κ2) is 5.83. The number of amides is 2. The Morgan fingerprint density at radius 3 is 3.04 bits per heavy atom. The van der Waals surface area contributed by atoms with Crippen molar-refractivity contribution in [1.29, 1.82) is 0 Å². The van der Waals surface area contributed by atoms with Crippen molar-refractivity contribution in [3.05, 3.63) is 35.7 Å². The molecule has 0 saturated carbocycles. The Bertz CT molecular complexity index is 728. The summed E-state index contributed by atoms with van der Waals surface area (Å²) in [7, 11) is 0. The molecule has 0 spiro atoms. The number of rotatable bonds is 2. The van der Waals surface area contributed by atoms with Crippen molar-refractivity contribution in [2.75, 3.05) is 18.5 Å². The van der Waals surface area contributed by atoms with Crippen LogP contribution in [0.3, 0.4) is 0 Å². The van der Waals surface area contributed by atoms with Crippen molar-refractivity contribution in [3.63, 3.8) is 0 Å². The van der Waals surface area contributed by atoms with Gasteiger partial charge < -0.3 is 20.1 Å². The third-order valence-electron chi connectivity index (χ3n) is 4.15. The lowest BCUT2D eigenvalue weighted by Crippen LogP contribution is -2.41. The van der Waals surface area contributed by atoms with Crippen molar-refractivity contribution in [3.8, 4) is 11.5 Å². The largest absolute Gasteiger partial charge is 0.486 e. The fourth-order valence-corrected chi connectivity index (χ4v) is 3.01. The molecular formula is C16H18N4O3. The predicted octanol–water partition coefficient (Wildman–Crippen LogP) is 1.86. The zero-order valence-electron chi connectivity index (χ0n) is 12.6. The van der Waals surface area contributed by atoms with E-state index >= 15 is 0 Å². The molecule has 7 heteroatoms. The van der Waals surface area contributed by atoms with Crippen molar-refractivity contribution in [1.82, 2.24) is 15.5 Å². The maximum absolute atomic E-state index is 12.2. The van der Waals surface area contributed by atoms with E-state index < -0.39 is 0 Å². The van der Waals surface area contributed by atoms with Crippen LogP contribution >= 0.6 is 0 Å². The number of benzene rings is 1. The molecule has 0 bridgehead atoms. The maximum Gasteiger partial charge on any atom is 0.319 e. The highest BCUT2D eigenvalue weighted by atomic mass is 16.6. The summed E-state index contributed by atoms with van der Waals surface area (Å²) in [6.45, 7) is 1.08. The van der Waals surface area contributed by atoms with Crippen LogP contribution in [0.1, 0.15) is 17.7 Å². The van der Waals surface area contributed by atoms with Gasteiger partial charge in [0.15, 0.2) is 11.5 Å². The first-order valence-corrected chi connectivity index (χ1v) is 7.76. The van der Waals surface area contributed by atoms with E-state index in [1.807, 2.05) is 18.3 Å². The molecule has 1 atom stereocenters. The Morgan fingerprint density at radius 2 is 2.13 bits per heavy atom. The topological polar surface area (TPSA) is 88.3 Å². The van der Waals surface area contributed by atoms with Gasteiger partial charge in [-0.2, -0.15) is 5.10 Å². The fourth-order valence-electron chi connectivity index (χ4n) is 3.01. The Morgan fingerprint density at radius 1 is 1.26 bits per heavy atom. The third-order valence-corrected chi connectivity index (χ3v) is 4.15. The summed E-state index contributed by atoms with van der Waals surface area (Å²) >= 11 is 0. The Balaban J connectivity index is 1.37. The highest BCUT2D eigenvalue weighted by Crippen LogP contribution is 2.32. The van der Waals surface area contributed by atoms with E-state index in [-0.39, 0.29) is 12.1 Å². The van der Waals surface area contributed by atoms with Crippen LogP contribution in [-0.2, 0) is 12.8 Å². The van der Waals surface area contributed by atoms with Gasteiger partial charge in [0.05, 0.1) is 6.20 Å². The van der Waals surface area contributed by atoms with E-state index in [0.29, 0.717) is 30.4 Å². The summed E-state index contributed by atoms with van der Waals surface area (Å²) < 4.78 is 11.0. The number of fused-ring (bicyclic) bond motifs is 2. The van der Waals surface area contributed by atoms with Crippen LogP contribution in [0.2, 0.25) is 0 Å². The van der Waals surface area contributed by atoms with Gasteiger partial charge in [-0.3, -0.25) is 5.10 Å². The molecule has 0 unspecified atom stereocenters. The van der Waals surface area contributed by atoms with E-state index in [0.717, 1.165) is 19.3 Å². The van der Waals surface area contributed by atoms with Crippen LogP contribution in [-0.4, -0.2) is 35.5 Å². The SMILES string of the molecule is O=C(Nc1ccc2c(c1)OCCO2)N[C@@H]1CCc2[nH]ncc2C1. The average Bonchev–Trinajstić information content (AvgIpc) is 3.02. The normalized spacial score (nSPS) is 18.9. The molecule has 3 N–H and O–H groups in total. The van der Waals surface area contributed by atoms with Gasteiger partial charge in [-0.1, -0.05) is 0 Å². The summed E-state index contributed by atoms with van der Waals surface area (Å²) in [5, 5.41) is 12.9. The summed E-state index contributed by atoms with van der Waals surface area (Å²) in [5.41, 5.74) is 3.04. The molecule has 1 aromatic carbocycles. The molecule has 0 fully saturated rings. The highest BCUT2D eigenvalue weighted by Gasteiger charge is 2.21. The van der Waals surface area contributed by atoms with E-state index in [2.05, 4.69) is 20.8 Å². The second-order valence-corrected chi connectivity index (χ2v) is 5.77. The maximum atomic E-state index is 12.2. The number of H-pyrrole nitrogens is 1. The molecule has 2 aliphatic rings. The van der Waals surface area contributed by atoms with E-state index in [1.165, 1.54) is 11.3 Å². The van der Waals surface area contributed by atoms with Gasteiger partial charge >= 0.3 is 6.03 Å². The molecule has 120 valence electrons. The van der Waals surface area contributed by atoms with Crippen molar-refractivity contribution < 1.29 is 14.3 Å². The summed E-state index contributed by atoms with van der Waals surface area (Å²) in [5.74, 6) is 1.37. The van der Waals surface area contributed by atoms with Crippen LogP contribution in [0.25, 0.3) is 0 Å². The van der Waals surface area contributed by atoms with Crippen LogP contribution < -0.4 is 20.1 Å². The third kappa shape index (κ3) is 2.94. The van der Waals surface area contributed by atoms with Crippen LogP contribution in [0.4, 0.5) is 10.5 Å². The van der Waals surface area contributed by atoms with E-state index in [9.17, 15) is 4.79 Å². The minimum atomic E-state index is -0.210. The summed E-state index contributed by atoms with van der Waals surface area (Å²) in [6.07, 6.45) is 4.45. The van der Waals surface area contributed by atoms with Gasteiger partial charge in [-0.05, 0) is 37.0 Å². The van der Waals surface area contributed by atoms with Gasteiger partial charge in [0.25, 0.3) is 0 Å². The molecule has 0 radical (unpaired) electrons. The number of carbonyl (C=O) groups is 1. The number of nitrogens with one attached hydrogen (secondary N) is 3. The number of nitrogens with zero attached hydrogens (tertiary/aromatic N) is 1. The Kier molecular flexibility index (Phi) is 3.53. The molecule has 7 nitrogen and oxygen atoms in total. The number of anilines is 1. The molecular weight excluding hydrogens is 296 g/mol. The minimum Gasteiger partial charge on any atom is -0.486 e. The molecule has 23 heavy (non-hydrogen) atoms. The molecule has 1 aliphatic heterocycles. The second-order valence-electron chi connectivity index (χ2n) is 5.77. The predicted molar refractivity (Wildman–Crippen MR) is 84.0 cm³/mol. The zero-order chi connectivity index (χ0) is 15.6. The van der Waals surface area contributed by atoms with Crippen molar-refractivity contribution in [2.24, 2.45) is 0 Å². The lowest BCUT2D eigenvalue weighted by molar-refractivity contribution is 0.171. The van der Waals surface area contributed by atoms with Gasteiger partial charge in [0, 0.05) is 23.5 Å². The average molecular weight is 314 g/mol. The van der Waals surface area contributed by atoms with Crippen molar-refractivity contribution >= 4 is 11.7 Å². The molecule has 1 aliphatic carbocycles. The molecule has 2 heterocycles. The fraction of sp³-hybridized carbons (Fsp3) is 0.375. The standard InChI is InChI=1S/C16H18N4O3/c21-16(18-11-1-3-13-10(7-11)9-17-20-13)19-12-2-4-14-15(8-12)23-6-5-22-14/h2,4,8-9,11H,1,3,5-7H2,(H,17,20)(H2,18,19,21)/t11-/m1/s1. The van der Waals surface area contributed by atoms with Crippen LogP contribution in [0.5, 0.6) is 11.5 Å². The first-order valence-electron chi connectivity index (χ1n) is 7.76. The number of hydrogen-bond donors (Lipinski definition) is 3. The minimum absolute atomic E-state index is 0.123. The highest BCUT2D eigenvalue weighted by molar-refractivity contribution is 5.89. The van der Waals surface area contributed by atoms with Gasteiger partial charge in [-0.25, -0.2) is 4.79 Å². The Labute approximate surface area is 133 Å². The summed E-state index contributed by atoms with van der Waals surface area (Å²) in [4.78, 5) is 12.2. The first kappa shape index (κ1) is 13.9. The summed E-state index contributed by atoms with van der Waals surface area (Å²) in [6, 6.07) is 5.31. The molecule has 2 amide bonds. The van der Waals surface area contributed by atoms with Gasteiger partial charge in [0.1, 0.15) is 13.2 Å². The Hall–Kier alpha value is -2.70. The van der Waals surface area contributed by atoms with Crippen LogP contribution in [0, 0.1) is 0 Å². The number of carbonyl (C=O) groups excluding carboxylic acids is 1. The first-order chi connectivity index (χ1) is 11.3. The lowest BCUT2D eigenvalue weighted by atomic mass is 9.94. The number of hydrogen-bond acceptors (Lipinski definition) is 4. The molecule has 1 aromatic heterocycles. The number of aromatic nitrogens is 2. The van der Waals surface area contributed by atoms with Crippen molar-refractivity contribution in [2.45, 2.75) is 25.3 Å². The number of urea groups is 1. The lowest BCUT2D eigenvalue weighted by Gasteiger charge is -2.23. The quantitative estimate of drug-likeness (QED) is 0.789. The van der Waals surface area contributed by atoms with E-state index in [1.54, 1.807) is 6.07 Å². The molecule has 4 rings (SSSR count). The smallest absolute Gasteiger partial charge is 0.319 e.